The molecule has 4 heteroatoms. The zero-order chi connectivity index (χ0) is 13.8. The molecule has 1 N–H and O–H groups in total. The Labute approximate surface area is 112 Å². The quantitative estimate of drug-likeness (QED) is 0.917. The fourth-order valence-corrected chi connectivity index (χ4v) is 2.01. The van der Waals surface area contributed by atoms with Crippen molar-refractivity contribution in [1.29, 1.82) is 0 Å². The van der Waals surface area contributed by atoms with Crippen molar-refractivity contribution in [2.45, 2.75) is 26.8 Å². The van der Waals surface area contributed by atoms with Crippen LogP contribution in [0.25, 0.3) is 0 Å². The number of nitrogens with one attached hydrogen (secondary N) is 1. The maximum atomic E-state index is 14.0. The molecule has 0 radical (unpaired) electrons. The second-order valence-corrected chi connectivity index (χ2v) is 4.60. The molecule has 0 saturated heterocycles. The van der Waals surface area contributed by atoms with Crippen LogP contribution >= 0.6 is 0 Å². The molecule has 3 nitrogen and oxygen atoms in total. The SMILES string of the molecule is CCNC(c1cnc(C)cn1)c1cc(C)ccc1F. The molecule has 19 heavy (non-hydrogen) atoms. The van der Waals surface area contributed by atoms with Crippen LogP contribution < -0.4 is 5.32 Å². The van der Waals surface area contributed by atoms with E-state index in [0.717, 1.165) is 23.5 Å². The summed E-state index contributed by atoms with van der Waals surface area (Å²) in [4.78, 5) is 8.59. The average Bonchev–Trinajstić information content (AvgIpc) is 2.40. The predicted molar refractivity (Wildman–Crippen MR) is 73.4 cm³/mol. The second kappa shape index (κ2) is 5.89. The first-order valence-electron chi connectivity index (χ1n) is 6.39. The lowest BCUT2D eigenvalue weighted by Crippen LogP contribution is -2.24. The fourth-order valence-electron chi connectivity index (χ4n) is 2.01. The normalized spacial score (nSPS) is 12.4. The van der Waals surface area contributed by atoms with E-state index in [0.29, 0.717) is 5.56 Å². The molecular weight excluding hydrogens is 241 g/mol. The molecule has 1 aromatic carbocycles. The van der Waals surface area contributed by atoms with Gasteiger partial charge in [0.1, 0.15) is 5.82 Å². The molecule has 0 aliphatic heterocycles. The number of hydrogen-bond acceptors (Lipinski definition) is 3. The minimum absolute atomic E-state index is 0.223. The Hall–Kier alpha value is -1.81. The minimum Gasteiger partial charge on any atom is -0.305 e. The molecule has 2 rings (SSSR count). The number of halogens is 1. The van der Waals surface area contributed by atoms with Gasteiger partial charge in [0.05, 0.1) is 23.6 Å². The van der Waals surface area contributed by atoms with Gasteiger partial charge in [-0.25, -0.2) is 4.39 Å². The Bertz CT molecular complexity index is 552. The van der Waals surface area contributed by atoms with Crippen LogP contribution in [-0.2, 0) is 0 Å². The maximum absolute atomic E-state index is 14.0. The molecule has 0 saturated carbocycles. The molecule has 0 aliphatic rings. The molecule has 1 heterocycles. The van der Waals surface area contributed by atoms with Crippen molar-refractivity contribution in [3.8, 4) is 0 Å². The van der Waals surface area contributed by atoms with Crippen LogP contribution in [0.4, 0.5) is 4.39 Å². The lowest BCUT2D eigenvalue weighted by molar-refractivity contribution is 0.550. The molecule has 0 fully saturated rings. The molecule has 0 spiro atoms. The van der Waals surface area contributed by atoms with Gasteiger partial charge < -0.3 is 5.32 Å². The number of aromatic nitrogens is 2. The topological polar surface area (TPSA) is 37.8 Å². The zero-order valence-electron chi connectivity index (χ0n) is 11.4. The van der Waals surface area contributed by atoms with E-state index in [-0.39, 0.29) is 11.9 Å². The first kappa shape index (κ1) is 13.6. The highest BCUT2D eigenvalue weighted by atomic mass is 19.1. The van der Waals surface area contributed by atoms with Gasteiger partial charge >= 0.3 is 0 Å². The summed E-state index contributed by atoms with van der Waals surface area (Å²) in [6, 6.07) is 4.85. The molecule has 1 atom stereocenters. The summed E-state index contributed by atoms with van der Waals surface area (Å²) >= 11 is 0. The van der Waals surface area contributed by atoms with Crippen LogP contribution in [-0.4, -0.2) is 16.5 Å². The lowest BCUT2D eigenvalue weighted by Gasteiger charge is -2.18. The van der Waals surface area contributed by atoms with Crippen molar-refractivity contribution in [3.05, 3.63) is 58.9 Å². The molecule has 0 bridgehead atoms. The van der Waals surface area contributed by atoms with Crippen LogP contribution in [0.15, 0.2) is 30.6 Å². The van der Waals surface area contributed by atoms with E-state index in [1.54, 1.807) is 18.5 Å². The highest BCUT2D eigenvalue weighted by Crippen LogP contribution is 2.23. The van der Waals surface area contributed by atoms with Crippen LogP contribution in [0, 0.1) is 19.7 Å². The predicted octanol–water partition coefficient (Wildman–Crippen LogP) is 2.93. The van der Waals surface area contributed by atoms with Crippen LogP contribution in [0.2, 0.25) is 0 Å². The minimum atomic E-state index is -0.266. The summed E-state index contributed by atoms with van der Waals surface area (Å²) < 4.78 is 14.0. The van der Waals surface area contributed by atoms with Crippen LogP contribution in [0.1, 0.15) is 35.5 Å². The van der Waals surface area contributed by atoms with E-state index in [1.807, 2.05) is 26.8 Å². The van der Waals surface area contributed by atoms with Gasteiger partial charge in [-0.3, -0.25) is 9.97 Å². The van der Waals surface area contributed by atoms with Crippen molar-refractivity contribution in [1.82, 2.24) is 15.3 Å². The van der Waals surface area contributed by atoms with Crippen molar-refractivity contribution in [3.63, 3.8) is 0 Å². The molecule has 2 aromatic rings. The highest BCUT2D eigenvalue weighted by molar-refractivity contribution is 5.31. The van der Waals surface area contributed by atoms with E-state index in [2.05, 4.69) is 15.3 Å². The van der Waals surface area contributed by atoms with Crippen molar-refractivity contribution >= 4 is 0 Å². The van der Waals surface area contributed by atoms with Gasteiger partial charge in [-0.05, 0) is 26.5 Å². The van der Waals surface area contributed by atoms with Crippen molar-refractivity contribution in [2.75, 3.05) is 6.54 Å². The molecule has 1 aromatic heterocycles. The maximum Gasteiger partial charge on any atom is 0.128 e. The summed E-state index contributed by atoms with van der Waals surface area (Å²) in [5, 5.41) is 3.26. The zero-order valence-corrected chi connectivity index (χ0v) is 11.4. The van der Waals surface area contributed by atoms with Gasteiger partial charge in [0.2, 0.25) is 0 Å². The van der Waals surface area contributed by atoms with Gasteiger partial charge in [0, 0.05) is 11.8 Å². The number of aryl methyl sites for hydroxylation is 2. The fraction of sp³-hybridized carbons (Fsp3) is 0.333. The number of benzene rings is 1. The van der Waals surface area contributed by atoms with Gasteiger partial charge in [0.15, 0.2) is 0 Å². The van der Waals surface area contributed by atoms with Gasteiger partial charge in [0.25, 0.3) is 0 Å². The summed E-state index contributed by atoms with van der Waals surface area (Å²) in [6.45, 7) is 6.55. The molecule has 100 valence electrons. The molecule has 0 amide bonds. The van der Waals surface area contributed by atoms with Crippen molar-refractivity contribution < 1.29 is 4.39 Å². The van der Waals surface area contributed by atoms with Crippen LogP contribution in [0.5, 0.6) is 0 Å². The summed E-state index contributed by atoms with van der Waals surface area (Å²) in [7, 11) is 0. The van der Waals surface area contributed by atoms with Crippen LogP contribution in [0.3, 0.4) is 0 Å². The largest absolute Gasteiger partial charge is 0.305 e. The Morgan fingerprint density at radius 2 is 2.00 bits per heavy atom. The second-order valence-electron chi connectivity index (χ2n) is 4.60. The summed E-state index contributed by atoms with van der Waals surface area (Å²) in [5.74, 6) is -0.223. The Morgan fingerprint density at radius 3 is 2.63 bits per heavy atom. The first-order valence-corrected chi connectivity index (χ1v) is 6.39. The third-order valence-corrected chi connectivity index (χ3v) is 2.97. The highest BCUT2D eigenvalue weighted by Gasteiger charge is 2.18. The molecular formula is C15H18FN3. The average molecular weight is 259 g/mol. The van der Waals surface area contributed by atoms with Gasteiger partial charge in [-0.15, -0.1) is 0 Å². The lowest BCUT2D eigenvalue weighted by atomic mass is 10.0. The number of rotatable bonds is 4. The Kier molecular flexibility index (Phi) is 4.22. The molecule has 1 unspecified atom stereocenters. The number of nitrogens with zero attached hydrogens (tertiary/aromatic N) is 2. The Morgan fingerprint density at radius 1 is 1.21 bits per heavy atom. The Balaban J connectivity index is 2.44. The van der Waals surface area contributed by atoms with E-state index in [4.69, 9.17) is 0 Å². The van der Waals surface area contributed by atoms with E-state index in [1.165, 1.54) is 6.07 Å². The van der Waals surface area contributed by atoms with E-state index in [9.17, 15) is 4.39 Å². The molecule has 0 aliphatic carbocycles. The third-order valence-electron chi connectivity index (χ3n) is 2.97. The van der Waals surface area contributed by atoms with E-state index < -0.39 is 0 Å². The van der Waals surface area contributed by atoms with Gasteiger partial charge in [-0.1, -0.05) is 24.6 Å². The summed E-state index contributed by atoms with van der Waals surface area (Å²) in [5.41, 5.74) is 3.22. The van der Waals surface area contributed by atoms with E-state index >= 15 is 0 Å². The van der Waals surface area contributed by atoms with Gasteiger partial charge in [-0.2, -0.15) is 0 Å². The monoisotopic (exact) mass is 259 g/mol. The standard InChI is InChI=1S/C15H18FN3/c1-4-17-15(14-9-18-11(3)8-19-14)12-7-10(2)5-6-13(12)16/h5-9,15,17H,4H2,1-3H3. The smallest absolute Gasteiger partial charge is 0.128 e. The number of hydrogen-bond donors (Lipinski definition) is 1. The van der Waals surface area contributed by atoms with Crippen molar-refractivity contribution in [2.24, 2.45) is 0 Å². The third kappa shape index (κ3) is 3.15. The first-order chi connectivity index (χ1) is 9.11. The summed E-state index contributed by atoms with van der Waals surface area (Å²) in [6.07, 6.45) is 3.40.